The Morgan fingerprint density at radius 3 is 2.95 bits per heavy atom. The van der Waals surface area contributed by atoms with Gasteiger partial charge in [-0.05, 0) is 17.9 Å². The lowest BCUT2D eigenvalue weighted by Gasteiger charge is -2.19. The SMILES string of the molecule is CN(CCc1cccs1)c1nccnc1C(N)=NO. The predicted octanol–water partition coefficient (Wildman–Crippen LogP) is 1.31. The lowest BCUT2D eigenvalue weighted by atomic mass is 10.3. The molecule has 0 unspecified atom stereocenters. The first kappa shape index (κ1) is 13.3. The zero-order valence-electron chi connectivity index (χ0n) is 10.5. The van der Waals surface area contributed by atoms with Gasteiger partial charge >= 0.3 is 0 Å². The molecule has 0 spiro atoms. The molecule has 3 N–H and O–H groups in total. The number of nitrogens with two attached hydrogens (primary N) is 1. The Morgan fingerprint density at radius 1 is 1.47 bits per heavy atom. The van der Waals surface area contributed by atoms with E-state index in [4.69, 9.17) is 10.9 Å². The minimum Gasteiger partial charge on any atom is -0.409 e. The normalized spacial score (nSPS) is 11.5. The van der Waals surface area contributed by atoms with Crippen molar-refractivity contribution in [1.82, 2.24) is 9.97 Å². The number of oxime groups is 1. The second-order valence-electron chi connectivity index (χ2n) is 3.96. The molecular formula is C12H15N5OS. The van der Waals surface area contributed by atoms with Crippen LogP contribution in [-0.2, 0) is 6.42 Å². The van der Waals surface area contributed by atoms with E-state index in [0.29, 0.717) is 11.5 Å². The van der Waals surface area contributed by atoms with Crippen molar-refractivity contribution in [2.75, 3.05) is 18.5 Å². The minimum atomic E-state index is -0.0360. The lowest BCUT2D eigenvalue weighted by Crippen LogP contribution is -2.26. The van der Waals surface area contributed by atoms with Crippen LogP contribution in [0.15, 0.2) is 35.1 Å². The number of rotatable bonds is 5. The van der Waals surface area contributed by atoms with Crippen molar-refractivity contribution in [2.24, 2.45) is 10.9 Å². The van der Waals surface area contributed by atoms with Gasteiger partial charge in [0.25, 0.3) is 0 Å². The summed E-state index contributed by atoms with van der Waals surface area (Å²) < 4.78 is 0. The Hall–Kier alpha value is -2.15. The molecule has 0 bridgehead atoms. The molecule has 7 heteroatoms. The van der Waals surface area contributed by atoms with Crippen LogP contribution in [0.1, 0.15) is 10.6 Å². The molecule has 0 aromatic carbocycles. The van der Waals surface area contributed by atoms with Crippen LogP contribution in [0, 0.1) is 0 Å². The van der Waals surface area contributed by atoms with Crippen LogP contribution in [0.5, 0.6) is 0 Å². The smallest absolute Gasteiger partial charge is 0.192 e. The summed E-state index contributed by atoms with van der Waals surface area (Å²) in [5.74, 6) is 0.570. The third-order valence-electron chi connectivity index (χ3n) is 2.66. The molecule has 2 aromatic rings. The summed E-state index contributed by atoms with van der Waals surface area (Å²) in [4.78, 5) is 11.6. The fourth-order valence-corrected chi connectivity index (χ4v) is 2.37. The number of aromatic nitrogens is 2. The van der Waals surface area contributed by atoms with E-state index in [9.17, 15) is 0 Å². The summed E-state index contributed by atoms with van der Waals surface area (Å²) >= 11 is 1.72. The predicted molar refractivity (Wildman–Crippen MR) is 75.8 cm³/mol. The maximum atomic E-state index is 8.75. The van der Waals surface area contributed by atoms with Crippen molar-refractivity contribution >= 4 is 23.0 Å². The topological polar surface area (TPSA) is 87.6 Å². The molecule has 100 valence electrons. The van der Waals surface area contributed by atoms with Crippen molar-refractivity contribution in [3.63, 3.8) is 0 Å². The monoisotopic (exact) mass is 277 g/mol. The van der Waals surface area contributed by atoms with Gasteiger partial charge in [0.15, 0.2) is 17.3 Å². The number of nitrogens with zero attached hydrogens (tertiary/aromatic N) is 4. The van der Waals surface area contributed by atoms with Gasteiger partial charge in [-0.3, -0.25) is 0 Å². The first-order valence-electron chi connectivity index (χ1n) is 5.74. The standard InChI is InChI=1S/C12H15N5OS/c1-17(7-4-9-3-2-8-19-9)12-10(11(13)16-18)14-5-6-15-12/h2-3,5-6,8,18H,4,7H2,1H3,(H2,13,16). The average Bonchev–Trinajstić information content (AvgIpc) is 2.97. The van der Waals surface area contributed by atoms with E-state index in [1.807, 2.05) is 18.0 Å². The van der Waals surface area contributed by atoms with Crippen molar-refractivity contribution < 1.29 is 5.21 Å². The van der Waals surface area contributed by atoms with Gasteiger partial charge in [-0.25, -0.2) is 9.97 Å². The number of likely N-dealkylation sites (N-methyl/N-ethyl adjacent to an activating group) is 1. The second-order valence-corrected chi connectivity index (χ2v) is 5.00. The molecular weight excluding hydrogens is 262 g/mol. The minimum absolute atomic E-state index is 0.0360. The molecule has 2 heterocycles. The summed E-state index contributed by atoms with van der Waals surface area (Å²) in [5, 5.41) is 13.8. The van der Waals surface area contributed by atoms with Gasteiger partial charge in [-0.1, -0.05) is 11.2 Å². The van der Waals surface area contributed by atoms with Crippen LogP contribution in [0.25, 0.3) is 0 Å². The van der Waals surface area contributed by atoms with E-state index in [0.717, 1.165) is 13.0 Å². The molecule has 6 nitrogen and oxygen atoms in total. The molecule has 0 atom stereocenters. The van der Waals surface area contributed by atoms with Gasteiger partial charge in [0.05, 0.1) is 0 Å². The molecule has 0 aliphatic heterocycles. The average molecular weight is 277 g/mol. The third-order valence-corrected chi connectivity index (χ3v) is 3.60. The Bertz CT molecular complexity index is 555. The zero-order valence-corrected chi connectivity index (χ0v) is 11.3. The highest BCUT2D eigenvalue weighted by atomic mass is 32.1. The van der Waals surface area contributed by atoms with Crippen LogP contribution in [0.4, 0.5) is 5.82 Å². The van der Waals surface area contributed by atoms with Gasteiger partial charge in [-0.15, -0.1) is 11.3 Å². The van der Waals surface area contributed by atoms with Crippen molar-refractivity contribution in [3.8, 4) is 0 Å². The van der Waals surface area contributed by atoms with Crippen LogP contribution in [0.3, 0.4) is 0 Å². The Morgan fingerprint density at radius 2 is 2.26 bits per heavy atom. The molecule has 19 heavy (non-hydrogen) atoms. The largest absolute Gasteiger partial charge is 0.409 e. The molecule has 0 aliphatic rings. The number of hydrogen-bond donors (Lipinski definition) is 2. The van der Waals surface area contributed by atoms with Crippen LogP contribution < -0.4 is 10.6 Å². The highest BCUT2D eigenvalue weighted by Gasteiger charge is 2.13. The van der Waals surface area contributed by atoms with E-state index in [2.05, 4.69) is 26.6 Å². The molecule has 0 radical (unpaired) electrons. The first-order chi connectivity index (χ1) is 9.22. The maximum absolute atomic E-state index is 8.75. The molecule has 2 aromatic heterocycles. The van der Waals surface area contributed by atoms with Gasteiger partial charge in [-0.2, -0.15) is 0 Å². The number of amidine groups is 1. The van der Waals surface area contributed by atoms with E-state index in [1.165, 1.54) is 11.1 Å². The van der Waals surface area contributed by atoms with E-state index >= 15 is 0 Å². The fraction of sp³-hybridized carbons (Fsp3) is 0.250. The molecule has 0 saturated carbocycles. The number of thiophene rings is 1. The quantitative estimate of drug-likeness (QED) is 0.372. The van der Waals surface area contributed by atoms with Crippen LogP contribution >= 0.6 is 11.3 Å². The molecule has 0 fully saturated rings. The van der Waals surface area contributed by atoms with Crippen LogP contribution in [-0.4, -0.2) is 34.6 Å². The van der Waals surface area contributed by atoms with Crippen molar-refractivity contribution in [3.05, 3.63) is 40.5 Å². The van der Waals surface area contributed by atoms with E-state index < -0.39 is 0 Å². The van der Waals surface area contributed by atoms with Crippen LogP contribution in [0.2, 0.25) is 0 Å². The summed E-state index contributed by atoms with van der Waals surface area (Å²) in [7, 11) is 1.91. The maximum Gasteiger partial charge on any atom is 0.192 e. The third kappa shape index (κ3) is 3.19. The second kappa shape index (κ2) is 6.14. The number of hydrogen-bond acceptors (Lipinski definition) is 6. The lowest BCUT2D eigenvalue weighted by molar-refractivity contribution is 0.318. The highest BCUT2D eigenvalue weighted by molar-refractivity contribution is 7.09. The molecule has 0 aliphatic carbocycles. The summed E-state index contributed by atoms with van der Waals surface area (Å²) in [6, 6.07) is 4.13. The van der Waals surface area contributed by atoms with Crippen molar-refractivity contribution in [1.29, 1.82) is 0 Å². The zero-order chi connectivity index (χ0) is 13.7. The summed E-state index contributed by atoms with van der Waals surface area (Å²) in [5.41, 5.74) is 5.98. The van der Waals surface area contributed by atoms with Gasteiger partial charge in [0.2, 0.25) is 0 Å². The Balaban J connectivity index is 2.12. The fourth-order valence-electron chi connectivity index (χ4n) is 1.68. The summed E-state index contributed by atoms with van der Waals surface area (Å²) in [6.07, 6.45) is 4.02. The molecule has 0 saturated heterocycles. The van der Waals surface area contributed by atoms with Gasteiger partial charge in [0.1, 0.15) is 0 Å². The van der Waals surface area contributed by atoms with Gasteiger partial charge in [0, 0.05) is 30.9 Å². The highest BCUT2D eigenvalue weighted by Crippen LogP contribution is 2.15. The molecule has 0 amide bonds. The van der Waals surface area contributed by atoms with E-state index in [1.54, 1.807) is 17.5 Å². The van der Waals surface area contributed by atoms with E-state index in [-0.39, 0.29) is 5.84 Å². The number of anilines is 1. The Kier molecular flexibility index (Phi) is 4.30. The Labute approximate surface area is 115 Å². The molecule has 2 rings (SSSR count). The summed E-state index contributed by atoms with van der Waals surface area (Å²) in [6.45, 7) is 0.783. The first-order valence-corrected chi connectivity index (χ1v) is 6.62. The van der Waals surface area contributed by atoms with Crippen molar-refractivity contribution in [2.45, 2.75) is 6.42 Å². The van der Waals surface area contributed by atoms with Gasteiger partial charge < -0.3 is 15.8 Å².